The van der Waals surface area contributed by atoms with Crippen LogP contribution in [0, 0.1) is 0 Å². The van der Waals surface area contributed by atoms with Crippen LogP contribution in [-0.2, 0) is 0 Å². The second-order valence-electron chi connectivity index (χ2n) is 6.29. The maximum atomic E-state index is 13.0. The molecule has 1 aromatic heterocycles. The number of piperazine rings is 1. The number of carbonyl (C=O) groups excluding carboxylic acids is 1. The zero-order valence-electron chi connectivity index (χ0n) is 14.2. The first-order valence-electron chi connectivity index (χ1n) is 8.04. The molecule has 0 radical (unpaired) electrons. The van der Waals surface area contributed by atoms with Gasteiger partial charge in [0.05, 0.1) is 11.4 Å². The van der Waals surface area contributed by atoms with Crippen LogP contribution in [0.5, 0.6) is 0 Å². The summed E-state index contributed by atoms with van der Waals surface area (Å²) < 4.78 is 1.41. The highest BCUT2D eigenvalue weighted by Crippen LogP contribution is 2.18. The van der Waals surface area contributed by atoms with E-state index in [1.54, 1.807) is 12.1 Å². The Morgan fingerprint density at radius 3 is 2.58 bits per heavy atom. The SMILES string of the molecule is CC(C)n1nc(C(=O)N2CCNC[C@H]2C)c2ccccc2c1=O.Cl. The largest absolute Gasteiger partial charge is 0.332 e. The van der Waals surface area contributed by atoms with Gasteiger partial charge in [0.2, 0.25) is 0 Å². The highest BCUT2D eigenvalue weighted by molar-refractivity contribution is 6.04. The molecule has 1 aromatic carbocycles. The molecule has 3 rings (SSSR count). The van der Waals surface area contributed by atoms with Gasteiger partial charge in [0.15, 0.2) is 5.69 Å². The molecular weight excluding hydrogens is 328 g/mol. The Morgan fingerprint density at radius 1 is 1.29 bits per heavy atom. The lowest BCUT2D eigenvalue weighted by molar-refractivity contribution is 0.0649. The molecule has 1 amide bonds. The highest BCUT2D eigenvalue weighted by atomic mass is 35.5. The third-order valence-corrected chi connectivity index (χ3v) is 4.28. The first-order valence-corrected chi connectivity index (χ1v) is 8.04. The predicted octanol–water partition coefficient (Wildman–Crippen LogP) is 1.83. The van der Waals surface area contributed by atoms with E-state index in [-0.39, 0.29) is 36.0 Å². The molecule has 0 bridgehead atoms. The quantitative estimate of drug-likeness (QED) is 0.897. The van der Waals surface area contributed by atoms with Crippen molar-refractivity contribution in [2.45, 2.75) is 32.9 Å². The zero-order valence-corrected chi connectivity index (χ0v) is 15.0. The summed E-state index contributed by atoms with van der Waals surface area (Å²) in [7, 11) is 0. The molecule has 1 aliphatic heterocycles. The normalized spacial score (nSPS) is 17.8. The third kappa shape index (κ3) is 3.16. The van der Waals surface area contributed by atoms with Crippen LogP contribution in [0.25, 0.3) is 10.8 Å². The van der Waals surface area contributed by atoms with Gasteiger partial charge < -0.3 is 10.2 Å². The summed E-state index contributed by atoms with van der Waals surface area (Å²) in [5.41, 5.74) is 0.211. The van der Waals surface area contributed by atoms with E-state index >= 15 is 0 Å². The Bertz CT molecular complexity index is 803. The first kappa shape index (κ1) is 18.4. The summed E-state index contributed by atoms with van der Waals surface area (Å²) in [6, 6.07) is 7.22. The Kier molecular flexibility index (Phi) is 5.62. The fourth-order valence-electron chi connectivity index (χ4n) is 2.99. The number of fused-ring (bicyclic) bond motifs is 1. The second kappa shape index (κ2) is 7.32. The summed E-state index contributed by atoms with van der Waals surface area (Å²) in [5, 5.41) is 8.85. The monoisotopic (exact) mass is 350 g/mol. The van der Waals surface area contributed by atoms with Crippen molar-refractivity contribution < 1.29 is 4.79 Å². The van der Waals surface area contributed by atoms with Crippen LogP contribution in [0.2, 0.25) is 0 Å². The van der Waals surface area contributed by atoms with E-state index in [1.165, 1.54) is 4.68 Å². The number of nitrogens with one attached hydrogen (secondary N) is 1. The lowest BCUT2D eigenvalue weighted by Gasteiger charge is -2.34. The minimum absolute atomic E-state index is 0. The molecule has 24 heavy (non-hydrogen) atoms. The van der Waals surface area contributed by atoms with E-state index in [0.29, 0.717) is 23.0 Å². The molecule has 1 N–H and O–H groups in total. The van der Waals surface area contributed by atoms with E-state index in [4.69, 9.17) is 0 Å². The van der Waals surface area contributed by atoms with E-state index < -0.39 is 0 Å². The van der Waals surface area contributed by atoms with Crippen LogP contribution in [-0.4, -0.2) is 46.3 Å². The molecule has 2 aromatic rings. The first-order chi connectivity index (χ1) is 11.0. The van der Waals surface area contributed by atoms with Crippen molar-refractivity contribution in [1.29, 1.82) is 0 Å². The molecular formula is C17H23ClN4O2. The van der Waals surface area contributed by atoms with E-state index in [0.717, 1.165) is 13.1 Å². The topological polar surface area (TPSA) is 67.2 Å². The molecule has 1 aliphatic rings. The van der Waals surface area contributed by atoms with Gasteiger partial charge in [0.25, 0.3) is 11.5 Å². The summed E-state index contributed by atoms with van der Waals surface area (Å²) in [4.78, 5) is 27.4. The molecule has 130 valence electrons. The van der Waals surface area contributed by atoms with Crippen molar-refractivity contribution in [2.24, 2.45) is 0 Å². The number of nitrogens with zero attached hydrogens (tertiary/aromatic N) is 3. The maximum absolute atomic E-state index is 13.0. The van der Waals surface area contributed by atoms with Crippen molar-refractivity contribution in [3.8, 4) is 0 Å². The van der Waals surface area contributed by atoms with Crippen molar-refractivity contribution in [2.75, 3.05) is 19.6 Å². The third-order valence-electron chi connectivity index (χ3n) is 4.28. The van der Waals surface area contributed by atoms with Gasteiger partial charge in [-0.05, 0) is 26.8 Å². The molecule has 2 heterocycles. The van der Waals surface area contributed by atoms with Gasteiger partial charge in [-0.1, -0.05) is 18.2 Å². The van der Waals surface area contributed by atoms with E-state index in [2.05, 4.69) is 10.4 Å². The Hall–Kier alpha value is -1.92. The van der Waals surface area contributed by atoms with Crippen LogP contribution in [0.15, 0.2) is 29.1 Å². The van der Waals surface area contributed by atoms with Gasteiger partial charge >= 0.3 is 0 Å². The number of aromatic nitrogens is 2. The fourth-order valence-corrected chi connectivity index (χ4v) is 2.99. The van der Waals surface area contributed by atoms with Gasteiger partial charge in [-0.25, -0.2) is 4.68 Å². The fraction of sp³-hybridized carbons (Fsp3) is 0.471. The second-order valence-corrected chi connectivity index (χ2v) is 6.29. The molecule has 1 saturated heterocycles. The van der Waals surface area contributed by atoms with Crippen molar-refractivity contribution in [3.05, 3.63) is 40.3 Å². The molecule has 7 heteroatoms. The van der Waals surface area contributed by atoms with Gasteiger partial charge in [-0.2, -0.15) is 5.10 Å². The standard InChI is InChI=1S/C17H22N4O2.ClH/c1-11(2)21-16(22)14-7-5-4-6-13(14)15(19-21)17(23)20-9-8-18-10-12(20)3;/h4-7,11-12,18H,8-10H2,1-3H3;1H/t12-;/m1./s1. The van der Waals surface area contributed by atoms with Crippen LogP contribution in [0.3, 0.4) is 0 Å². The lowest BCUT2D eigenvalue weighted by atomic mass is 10.1. The minimum Gasteiger partial charge on any atom is -0.332 e. The maximum Gasteiger partial charge on any atom is 0.275 e. The van der Waals surface area contributed by atoms with Crippen molar-refractivity contribution in [1.82, 2.24) is 20.0 Å². The van der Waals surface area contributed by atoms with E-state index in [1.807, 2.05) is 37.8 Å². The number of carbonyl (C=O) groups is 1. The van der Waals surface area contributed by atoms with Gasteiger partial charge in [-0.15, -0.1) is 12.4 Å². The smallest absolute Gasteiger partial charge is 0.275 e. The van der Waals surface area contributed by atoms with E-state index in [9.17, 15) is 9.59 Å². The zero-order chi connectivity index (χ0) is 16.6. The molecule has 1 fully saturated rings. The average molecular weight is 351 g/mol. The summed E-state index contributed by atoms with van der Waals surface area (Å²) in [6.07, 6.45) is 0. The van der Waals surface area contributed by atoms with Crippen LogP contribution < -0.4 is 10.9 Å². The summed E-state index contributed by atoms with van der Waals surface area (Å²) >= 11 is 0. The van der Waals surface area contributed by atoms with Gasteiger partial charge in [0.1, 0.15) is 0 Å². The average Bonchev–Trinajstić information content (AvgIpc) is 2.55. The van der Waals surface area contributed by atoms with Gasteiger partial charge in [-0.3, -0.25) is 9.59 Å². The molecule has 0 aliphatic carbocycles. The number of amides is 1. The summed E-state index contributed by atoms with van der Waals surface area (Å²) in [6.45, 7) is 8.00. The van der Waals surface area contributed by atoms with Crippen LogP contribution >= 0.6 is 12.4 Å². The van der Waals surface area contributed by atoms with Crippen molar-refractivity contribution >= 4 is 29.1 Å². The predicted molar refractivity (Wildman–Crippen MR) is 97.0 cm³/mol. The Morgan fingerprint density at radius 2 is 1.96 bits per heavy atom. The number of rotatable bonds is 2. The highest BCUT2D eigenvalue weighted by Gasteiger charge is 2.27. The summed E-state index contributed by atoms with van der Waals surface area (Å²) in [5.74, 6) is -0.107. The number of halogens is 1. The Labute approximate surface area is 147 Å². The number of benzene rings is 1. The number of hydrogen-bond donors (Lipinski definition) is 1. The molecule has 0 saturated carbocycles. The minimum atomic E-state index is -0.152. The molecule has 0 spiro atoms. The van der Waals surface area contributed by atoms with Gasteiger partial charge in [0, 0.05) is 31.1 Å². The molecule has 6 nitrogen and oxygen atoms in total. The molecule has 1 atom stereocenters. The van der Waals surface area contributed by atoms with Crippen molar-refractivity contribution in [3.63, 3.8) is 0 Å². The van der Waals surface area contributed by atoms with Crippen LogP contribution in [0.1, 0.15) is 37.3 Å². The molecule has 0 unspecified atom stereocenters. The van der Waals surface area contributed by atoms with Crippen LogP contribution in [0.4, 0.5) is 0 Å². The lowest BCUT2D eigenvalue weighted by Crippen LogP contribution is -2.52. The Balaban J connectivity index is 0.00000208. The number of hydrogen-bond acceptors (Lipinski definition) is 4.